The third-order valence-electron chi connectivity index (χ3n) is 3.24. The lowest BCUT2D eigenvalue weighted by molar-refractivity contribution is 0.0529. The van der Waals surface area contributed by atoms with Crippen molar-refractivity contribution in [1.82, 2.24) is 4.90 Å². The van der Waals surface area contributed by atoms with Crippen LogP contribution in [0.2, 0.25) is 0 Å². The van der Waals surface area contributed by atoms with Crippen LogP contribution in [0.5, 0.6) is 0 Å². The Bertz CT molecular complexity index is 148. The fraction of sp³-hybridized carbons (Fsp3) is 1.00. The average molecular weight is 200 g/mol. The lowest BCUT2D eigenvalue weighted by Crippen LogP contribution is -2.42. The van der Waals surface area contributed by atoms with Gasteiger partial charge in [-0.15, -0.1) is 0 Å². The minimum absolute atomic E-state index is 0.214. The van der Waals surface area contributed by atoms with Gasteiger partial charge in [0.15, 0.2) is 0 Å². The Hall–Kier alpha value is -0.120. The predicted octanol–water partition coefficient (Wildman–Crippen LogP) is 1.08. The molecule has 1 fully saturated rings. The Morgan fingerprint density at radius 2 is 2.36 bits per heavy atom. The lowest BCUT2D eigenvalue weighted by atomic mass is 9.95. The summed E-state index contributed by atoms with van der Waals surface area (Å²) in [6.45, 7) is 6.37. The first-order valence-corrected chi connectivity index (χ1v) is 5.75. The maximum absolute atomic E-state index is 5.62. The van der Waals surface area contributed by atoms with Crippen molar-refractivity contribution in [2.45, 2.75) is 32.3 Å². The van der Waals surface area contributed by atoms with Crippen LogP contribution < -0.4 is 5.73 Å². The van der Waals surface area contributed by atoms with Crippen molar-refractivity contribution in [2.24, 2.45) is 11.7 Å². The van der Waals surface area contributed by atoms with Gasteiger partial charge in [0, 0.05) is 26.7 Å². The second-order valence-corrected chi connectivity index (χ2v) is 4.27. The molecule has 1 rings (SSSR count). The van der Waals surface area contributed by atoms with Gasteiger partial charge in [-0.25, -0.2) is 0 Å². The van der Waals surface area contributed by atoms with E-state index in [1.165, 1.54) is 32.4 Å². The summed E-state index contributed by atoms with van der Waals surface area (Å²) in [5, 5.41) is 0. The van der Waals surface area contributed by atoms with Gasteiger partial charge in [-0.05, 0) is 25.3 Å². The smallest absolute Gasteiger partial charge is 0.0820 e. The van der Waals surface area contributed by atoms with Crippen LogP contribution in [-0.2, 0) is 4.74 Å². The SMILES string of the molecule is CCC1CCCN(CC(CN)OC)C1. The van der Waals surface area contributed by atoms with Crippen LogP contribution in [0.4, 0.5) is 0 Å². The molecule has 0 saturated carbocycles. The van der Waals surface area contributed by atoms with Crippen molar-refractivity contribution >= 4 is 0 Å². The molecule has 0 aromatic carbocycles. The monoisotopic (exact) mass is 200 g/mol. The van der Waals surface area contributed by atoms with Gasteiger partial charge in [-0.2, -0.15) is 0 Å². The van der Waals surface area contributed by atoms with Crippen molar-refractivity contribution in [3.63, 3.8) is 0 Å². The molecule has 0 aromatic rings. The van der Waals surface area contributed by atoms with Gasteiger partial charge in [0.2, 0.25) is 0 Å². The van der Waals surface area contributed by atoms with E-state index >= 15 is 0 Å². The number of hydrogen-bond acceptors (Lipinski definition) is 3. The molecule has 0 spiro atoms. The van der Waals surface area contributed by atoms with Gasteiger partial charge in [-0.1, -0.05) is 13.3 Å². The van der Waals surface area contributed by atoms with Crippen LogP contribution in [-0.4, -0.2) is 44.3 Å². The molecule has 1 heterocycles. The molecule has 1 aliphatic heterocycles. The van der Waals surface area contributed by atoms with Crippen LogP contribution in [0.1, 0.15) is 26.2 Å². The van der Waals surface area contributed by atoms with Gasteiger partial charge >= 0.3 is 0 Å². The minimum Gasteiger partial charge on any atom is -0.379 e. The molecule has 0 radical (unpaired) electrons. The normalized spacial score (nSPS) is 26.4. The first-order chi connectivity index (χ1) is 6.80. The van der Waals surface area contributed by atoms with Crippen LogP contribution >= 0.6 is 0 Å². The van der Waals surface area contributed by atoms with Crippen molar-refractivity contribution in [2.75, 3.05) is 33.3 Å². The second-order valence-electron chi connectivity index (χ2n) is 4.27. The molecule has 0 aliphatic carbocycles. The summed E-state index contributed by atoms with van der Waals surface area (Å²) >= 11 is 0. The fourth-order valence-corrected chi connectivity index (χ4v) is 2.18. The molecule has 2 N–H and O–H groups in total. The zero-order chi connectivity index (χ0) is 10.4. The fourth-order valence-electron chi connectivity index (χ4n) is 2.18. The summed E-state index contributed by atoms with van der Waals surface area (Å²) in [5.74, 6) is 0.888. The lowest BCUT2D eigenvalue weighted by Gasteiger charge is -2.34. The number of rotatable bonds is 5. The van der Waals surface area contributed by atoms with E-state index in [1.807, 2.05) is 0 Å². The van der Waals surface area contributed by atoms with Gasteiger partial charge in [-0.3, -0.25) is 0 Å². The second kappa shape index (κ2) is 6.38. The predicted molar refractivity (Wildman–Crippen MR) is 59.3 cm³/mol. The minimum atomic E-state index is 0.214. The highest BCUT2D eigenvalue weighted by molar-refractivity contribution is 4.75. The van der Waals surface area contributed by atoms with Crippen LogP contribution in [0.3, 0.4) is 0 Å². The Kier molecular flexibility index (Phi) is 5.45. The van der Waals surface area contributed by atoms with Gasteiger partial charge in [0.05, 0.1) is 6.10 Å². The number of likely N-dealkylation sites (tertiary alicyclic amines) is 1. The molecule has 1 aliphatic rings. The Balaban J connectivity index is 2.29. The third-order valence-corrected chi connectivity index (χ3v) is 3.24. The standard InChI is InChI=1S/C11H24N2O/c1-3-10-5-4-6-13(8-10)9-11(7-12)14-2/h10-11H,3-9,12H2,1-2H3. The van der Waals surface area contributed by atoms with Crippen LogP contribution in [0.15, 0.2) is 0 Å². The maximum atomic E-state index is 5.62. The number of hydrogen-bond donors (Lipinski definition) is 1. The van der Waals surface area contributed by atoms with Gasteiger partial charge in [0.25, 0.3) is 0 Å². The van der Waals surface area contributed by atoms with Crippen molar-refractivity contribution in [1.29, 1.82) is 0 Å². The molecule has 3 nitrogen and oxygen atoms in total. The number of piperidine rings is 1. The van der Waals surface area contributed by atoms with Crippen LogP contribution in [0, 0.1) is 5.92 Å². The van der Waals surface area contributed by atoms with E-state index in [0.29, 0.717) is 6.54 Å². The molecule has 0 amide bonds. The molecule has 14 heavy (non-hydrogen) atoms. The Morgan fingerprint density at radius 3 is 2.93 bits per heavy atom. The summed E-state index contributed by atoms with van der Waals surface area (Å²) in [6.07, 6.45) is 4.24. The molecular weight excluding hydrogens is 176 g/mol. The zero-order valence-corrected chi connectivity index (χ0v) is 9.54. The molecule has 2 atom stereocenters. The first kappa shape index (κ1) is 12.0. The van der Waals surface area contributed by atoms with E-state index in [9.17, 15) is 0 Å². The largest absolute Gasteiger partial charge is 0.379 e. The first-order valence-electron chi connectivity index (χ1n) is 5.75. The highest BCUT2D eigenvalue weighted by atomic mass is 16.5. The highest BCUT2D eigenvalue weighted by Crippen LogP contribution is 2.19. The summed E-state index contributed by atoms with van der Waals surface area (Å²) in [4.78, 5) is 2.50. The average Bonchev–Trinajstić information content (AvgIpc) is 2.26. The van der Waals surface area contributed by atoms with Crippen LogP contribution in [0.25, 0.3) is 0 Å². The molecule has 0 bridgehead atoms. The van der Waals surface area contributed by atoms with E-state index in [1.54, 1.807) is 7.11 Å². The van der Waals surface area contributed by atoms with E-state index < -0.39 is 0 Å². The molecule has 84 valence electrons. The number of ether oxygens (including phenoxy) is 1. The molecular formula is C11H24N2O. The Labute approximate surface area is 87.6 Å². The summed E-state index contributed by atoms with van der Waals surface area (Å²) < 4.78 is 5.30. The van der Waals surface area contributed by atoms with Gasteiger partial charge < -0.3 is 15.4 Å². The summed E-state index contributed by atoms with van der Waals surface area (Å²) in [5.41, 5.74) is 5.62. The number of nitrogens with two attached hydrogens (primary N) is 1. The highest BCUT2D eigenvalue weighted by Gasteiger charge is 2.20. The number of methoxy groups -OCH3 is 1. The summed E-state index contributed by atoms with van der Waals surface area (Å²) in [7, 11) is 1.75. The number of nitrogens with zero attached hydrogens (tertiary/aromatic N) is 1. The quantitative estimate of drug-likeness (QED) is 0.722. The van der Waals surface area contributed by atoms with E-state index in [4.69, 9.17) is 10.5 Å². The van der Waals surface area contributed by atoms with Crippen molar-refractivity contribution in [3.05, 3.63) is 0 Å². The molecule has 1 saturated heterocycles. The topological polar surface area (TPSA) is 38.5 Å². The maximum Gasteiger partial charge on any atom is 0.0820 e. The zero-order valence-electron chi connectivity index (χ0n) is 9.54. The molecule has 0 aromatic heterocycles. The molecule has 2 unspecified atom stereocenters. The Morgan fingerprint density at radius 1 is 1.57 bits per heavy atom. The summed E-state index contributed by atoms with van der Waals surface area (Å²) in [6, 6.07) is 0. The van der Waals surface area contributed by atoms with E-state index in [0.717, 1.165) is 12.5 Å². The van der Waals surface area contributed by atoms with Crippen molar-refractivity contribution in [3.8, 4) is 0 Å². The molecule has 3 heteroatoms. The van der Waals surface area contributed by atoms with Gasteiger partial charge in [0.1, 0.15) is 0 Å². The third kappa shape index (κ3) is 3.56. The van der Waals surface area contributed by atoms with Crippen molar-refractivity contribution < 1.29 is 4.74 Å². The van der Waals surface area contributed by atoms with E-state index in [-0.39, 0.29) is 6.10 Å². The van der Waals surface area contributed by atoms with E-state index in [2.05, 4.69) is 11.8 Å².